The quantitative estimate of drug-likeness (QED) is 0.0205. The minimum atomic E-state index is -4.44. The van der Waals surface area contributed by atoms with Crippen molar-refractivity contribution in [2.45, 2.75) is 290 Å². The van der Waals surface area contributed by atoms with Crippen LogP contribution in [0.15, 0.2) is 24.3 Å². The van der Waals surface area contributed by atoms with E-state index < -0.39 is 20.0 Å². The van der Waals surface area contributed by atoms with Crippen molar-refractivity contribution in [3.63, 3.8) is 0 Å². The van der Waals surface area contributed by atoms with Crippen LogP contribution in [0.1, 0.15) is 278 Å². The molecule has 0 aromatic carbocycles. The van der Waals surface area contributed by atoms with Crippen molar-refractivity contribution in [1.82, 2.24) is 5.32 Å². The van der Waals surface area contributed by atoms with Gasteiger partial charge in [-0.3, -0.25) is 18.6 Å². The highest BCUT2D eigenvalue weighted by Crippen LogP contribution is 2.43. The first-order valence-corrected chi connectivity index (χ1v) is 30.2. The molecule has 67 heavy (non-hydrogen) atoms. The molecule has 0 radical (unpaired) electrons. The molecule has 0 rings (SSSR count). The summed E-state index contributed by atoms with van der Waals surface area (Å²) in [6.45, 7) is 6.98. The second-order valence-electron chi connectivity index (χ2n) is 20.8. The summed E-state index contributed by atoms with van der Waals surface area (Å²) in [6.07, 6.45) is 54.6. The Balaban J connectivity index is 5.21. The van der Waals surface area contributed by atoms with Crippen molar-refractivity contribution in [2.24, 2.45) is 0 Å². The molecular formula is C57H112N2O7P+. The lowest BCUT2D eigenvalue weighted by Gasteiger charge is -2.27. The SMILES string of the molecule is CCCC/C=C\CCCCCCCC(=O)NC(COP(=O)(O)OCC[N+](C)(C)C)C(/C=C\CCCCCCCCCCC)OC(=O)CCCCCCCCCCCCCCCCCCCCC. The standard InChI is InChI=1S/C57H111N2O7P/c1-7-10-13-16-19-22-25-26-27-28-29-30-31-32-35-38-41-44-47-50-57(61)66-55(48-45-42-39-36-33-23-20-17-14-11-8-2)54(53-65-67(62,63)64-52-51-59(4,5)6)58-56(60)49-46-43-40-37-34-24-21-18-15-12-9-3/h18,21,45,48,54-55H,7-17,19-20,22-44,46-47,49-53H2,1-6H3,(H-,58,60,62,63)/p+1/b21-18-,48-45-. The summed E-state index contributed by atoms with van der Waals surface area (Å²) in [5.41, 5.74) is 0. The number of phosphoric acid groups is 1. The van der Waals surface area contributed by atoms with Crippen molar-refractivity contribution in [3.05, 3.63) is 24.3 Å². The molecule has 0 bridgehead atoms. The van der Waals surface area contributed by atoms with Crippen LogP contribution in [0.3, 0.4) is 0 Å². The molecule has 0 aromatic heterocycles. The summed E-state index contributed by atoms with van der Waals surface area (Å²) in [5, 5.41) is 3.04. The molecule has 0 aliphatic heterocycles. The molecule has 0 aliphatic rings. The molecule has 9 nitrogen and oxygen atoms in total. The fourth-order valence-electron chi connectivity index (χ4n) is 8.39. The first kappa shape index (κ1) is 65.5. The number of nitrogens with one attached hydrogen (secondary N) is 1. The number of quaternary nitrogens is 1. The van der Waals surface area contributed by atoms with Gasteiger partial charge in [-0.05, 0) is 51.0 Å². The second kappa shape index (κ2) is 48.1. The molecule has 1 amide bonds. The Morgan fingerprint density at radius 2 is 0.881 bits per heavy atom. The predicted octanol–water partition coefficient (Wildman–Crippen LogP) is 17.0. The molecule has 0 heterocycles. The van der Waals surface area contributed by atoms with Crippen LogP contribution in [0.4, 0.5) is 0 Å². The van der Waals surface area contributed by atoms with Gasteiger partial charge in [0.2, 0.25) is 5.91 Å². The molecule has 0 spiro atoms. The van der Waals surface area contributed by atoms with E-state index in [-0.39, 0.29) is 25.1 Å². The van der Waals surface area contributed by atoms with Crippen LogP contribution < -0.4 is 5.32 Å². The van der Waals surface area contributed by atoms with Crippen molar-refractivity contribution < 1.29 is 37.3 Å². The molecular weight excluding hydrogens is 856 g/mol. The number of amides is 1. The Morgan fingerprint density at radius 1 is 0.507 bits per heavy atom. The largest absolute Gasteiger partial charge is 0.472 e. The van der Waals surface area contributed by atoms with Crippen LogP contribution >= 0.6 is 7.82 Å². The van der Waals surface area contributed by atoms with Gasteiger partial charge in [0.05, 0.1) is 33.8 Å². The third-order valence-corrected chi connectivity index (χ3v) is 13.9. The van der Waals surface area contributed by atoms with Crippen LogP contribution in [0.5, 0.6) is 0 Å². The number of hydrogen-bond donors (Lipinski definition) is 2. The monoisotopic (exact) mass is 968 g/mol. The number of rotatable bonds is 52. The van der Waals surface area contributed by atoms with Crippen molar-refractivity contribution in [1.29, 1.82) is 0 Å². The fraction of sp³-hybridized carbons (Fsp3) is 0.895. The molecule has 396 valence electrons. The molecule has 0 saturated carbocycles. The molecule has 3 atom stereocenters. The molecule has 10 heteroatoms. The summed E-state index contributed by atoms with van der Waals surface area (Å²) < 4.78 is 30.6. The number of hydrogen-bond acceptors (Lipinski definition) is 6. The zero-order valence-corrected chi connectivity index (χ0v) is 46.1. The lowest BCUT2D eigenvalue weighted by atomic mass is 10.0. The minimum Gasteiger partial charge on any atom is -0.456 e. The van der Waals surface area contributed by atoms with Gasteiger partial charge in [0, 0.05) is 12.8 Å². The summed E-state index contributed by atoms with van der Waals surface area (Å²) in [6, 6.07) is -0.845. The Labute approximate surface area is 415 Å². The summed E-state index contributed by atoms with van der Waals surface area (Å²) in [4.78, 5) is 37.5. The van der Waals surface area contributed by atoms with Gasteiger partial charge in [0.15, 0.2) is 0 Å². The maximum atomic E-state index is 13.4. The lowest BCUT2D eigenvalue weighted by Crippen LogP contribution is -2.47. The topological polar surface area (TPSA) is 111 Å². The van der Waals surface area contributed by atoms with Crippen molar-refractivity contribution in [2.75, 3.05) is 40.9 Å². The molecule has 2 N–H and O–H groups in total. The van der Waals surface area contributed by atoms with Crippen LogP contribution in [0.25, 0.3) is 0 Å². The lowest BCUT2D eigenvalue weighted by molar-refractivity contribution is -0.870. The maximum absolute atomic E-state index is 13.4. The Hall–Kier alpha value is -1.51. The Morgan fingerprint density at radius 3 is 1.31 bits per heavy atom. The summed E-state index contributed by atoms with van der Waals surface area (Å²) in [7, 11) is 1.50. The van der Waals surface area contributed by atoms with Gasteiger partial charge in [-0.1, -0.05) is 238 Å². The van der Waals surface area contributed by atoms with E-state index in [1.807, 2.05) is 33.3 Å². The number of unbranched alkanes of at least 4 members (excludes halogenated alkanes) is 34. The average molecular weight is 969 g/mol. The smallest absolute Gasteiger partial charge is 0.456 e. The van der Waals surface area contributed by atoms with E-state index >= 15 is 0 Å². The molecule has 0 saturated heterocycles. The summed E-state index contributed by atoms with van der Waals surface area (Å²) in [5.74, 6) is -0.506. The van der Waals surface area contributed by atoms with E-state index in [1.54, 1.807) is 0 Å². The fourth-order valence-corrected chi connectivity index (χ4v) is 9.13. The van der Waals surface area contributed by atoms with Crippen LogP contribution in [0, 0.1) is 0 Å². The number of ether oxygens (including phenoxy) is 1. The highest BCUT2D eigenvalue weighted by molar-refractivity contribution is 7.47. The van der Waals surface area contributed by atoms with Gasteiger partial charge in [0.1, 0.15) is 19.3 Å². The number of phosphoric ester groups is 1. The van der Waals surface area contributed by atoms with Gasteiger partial charge < -0.3 is 19.4 Å². The van der Waals surface area contributed by atoms with Crippen LogP contribution in [-0.2, 0) is 27.9 Å². The summed E-state index contributed by atoms with van der Waals surface area (Å²) >= 11 is 0. The molecule has 0 fully saturated rings. The van der Waals surface area contributed by atoms with Gasteiger partial charge >= 0.3 is 13.8 Å². The van der Waals surface area contributed by atoms with Crippen molar-refractivity contribution >= 4 is 19.7 Å². The van der Waals surface area contributed by atoms with E-state index in [4.69, 9.17) is 13.8 Å². The van der Waals surface area contributed by atoms with E-state index in [0.717, 1.165) is 83.5 Å². The van der Waals surface area contributed by atoms with Gasteiger partial charge in [-0.25, -0.2) is 4.57 Å². The first-order chi connectivity index (χ1) is 32.4. The number of nitrogens with zero attached hydrogens (tertiary/aromatic N) is 1. The van der Waals surface area contributed by atoms with Gasteiger partial charge in [0.25, 0.3) is 0 Å². The number of carbonyl (C=O) groups is 2. The van der Waals surface area contributed by atoms with Gasteiger partial charge in [-0.2, -0.15) is 0 Å². The number of likely N-dealkylation sites (N-methyl/N-ethyl adjacent to an activating group) is 1. The Kier molecular flexibility index (Phi) is 47.0. The second-order valence-corrected chi connectivity index (χ2v) is 22.3. The predicted molar refractivity (Wildman–Crippen MR) is 286 cm³/mol. The normalized spacial score (nSPS) is 14.0. The number of esters is 1. The maximum Gasteiger partial charge on any atom is 0.472 e. The Bertz CT molecular complexity index is 1210. The number of allylic oxidation sites excluding steroid dienone is 3. The highest BCUT2D eigenvalue weighted by Gasteiger charge is 2.30. The highest BCUT2D eigenvalue weighted by atomic mass is 31.2. The zero-order valence-electron chi connectivity index (χ0n) is 45.2. The molecule has 0 aliphatic carbocycles. The number of carbonyl (C=O) groups excluding carboxylic acids is 2. The third-order valence-electron chi connectivity index (χ3n) is 12.9. The minimum absolute atomic E-state index is 0.0416. The first-order valence-electron chi connectivity index (χ1n) is 28.7. The molecule has 3 unspecified atom stereocenters. The zero-order chi connectivity index (χ0) is 49.4. The van der Waals surface area contributed by atoms with Gasteiger partial charge in [-0.15, -0.1) is 0 Å². The van der Waals surface area contributed by atoms with E-state index in [9.17, 15) is 19.0 Å². The van der Waals surface area contributed by atoms with Crippen LogP contribution in [-0.4, -0.2) is 74.3 Å². The van der Waals surface area contributed by atoms with Crippen molar-refractivity contribution in [3.8, 4) is 0 Å². The van der Waals surface area contributed by atoms with E-state index in [0.29, 0.717) is 23.9 Å². The molecule has 0 aromatic rings. The van der Waals surface area contributed by atoms with E-state index in [1.165, 1.54) is 161 Å². The average Bonchev–Trinajstić information content (AvgIpc) is 3.28. The van der Waals surface area contributed by atoms with E-state index in [2.05, 4.69) is 38.2 Å². The van der Waals surface area contributed by atoms with Crippen LogP contribution in [0.2, 0.25) is 0 Å². The third kappa shape index (κ3) is 49.3.